The molecule has 0 aromatic carbocycles. The van der Waals surface area contributed by atoms with Crippen LogP contribution in [0.3, 0.4) is 0 Å². The van der Waals surface area contributed by atoms with Crippen LogP contribution < -0.4 is 5.32 Å². The van der Waals surface area contributed by atoms with E-state index < -0.39 is 0 Å². The zero-order valence-electron chi connectivity index (χ0n) is 8.03. The Hall–Kier alpha value is -1.34. The molecule has 1 fully saturated rings. The van der Waals surface area contributed by atoms with Crippen molar-refractivity contribution in [2.45, 2.75) is 31.8 Å². The van der Waals surface area contributed by atoms with Gasteiger partial charge in [0.2, 0.25) is 0 Å². The van der Waals surface area contributed by atoms with Crippen molar-refractivity contribution < 1.29 is 0 Å². The molecule has 1 heterocycles. The van der Waals surface area contributed by atoms with E-state index in [0.717, 1.165) is 31.5 Å². The summed E-state index contributed by atoms with van der Waals surface area (Å²) in [6.07, 6.45) is 6.65. The summed E-state index contributed by atoms with van der Waals surface area (Å²) in [6.45, 7) is 0.822. The van der Waals surface area contributed by atoms with Gasteiger partial charge in [-0.2, -0.15) is 5.26 Å². The molecule has 1 aliphatic carbocycles. The van der Waals surface area contributed by atoms with Crippen LogP contribution >= 0.6 is 0 Å². The highest BCUT2D eigenvalue weighted by atomic mass is 15.0. The molecule has 1 aromatic heterocycles. The second kappa shape index (κ2) is 4.25. The van der Waals surface area contributed by atoms with E-state index in [1.807, 2.05) is 6.20 Å². The highest BCUT2D eigenvalue weighted by Crippen LogP contribution is 2.24. The first-order valence-corrected chi connectivity index (χ1v) is 4.98. The lowest BCUT2D eigenvalue weighted by molar-refractivity contribution is 0.511. The number of nitrogens with zero attached hydrogens (tertiary/aromatic N) is 2. The first-order valence-electron chi connectivity index (χ1n) is 4.98. The van der Waals surface area contributed by atoms with Gasteiger partial charge in [0.1, 0.15) is 0 Å². The molecular formula is C10H14N4. The first kappa shape index (κ1) is 9.22. The van der Waals surface area contributed by atoms with Crippen LogP contribution in [0.4, 0.5) is 0 Å². The molecule has 1 saturated carbocycles. The van der Waals surface area contributed by atoms with E-state index in [2.05, 4.69) is 21.4 Å². The average molecular weight is 190 g/mol. The predicted octanol–water partition coefficient (Wildman–Crippen LogP) is 1.19. The number of aromatic nitrogens is 2. The van der Waals surface area contributed by atoms with E-state index in [1.54, 1.807) is 6.33 Å². The number of imidazole rings is 1. The number of rotatable bonds is 3. The van der Waals surface area contributed by atoms with Gasteiger partial charge in [0.25, 0.3) is 0 Å². The molecule has 2 N–H and O–H groups in total. The zero-order chi connectivity index (χ0) is 9.80. The van der Waals surface area contributed by atoms with E-state index >= 15 is 0 Å². The van der Waals surface area contributed by atoms with Gasteiger partial charge in [0.15, 0.2) is 0 Å². The fraction of sp³-hybridized carbons (Fsp3) is 0.600. The minimum absolute atomic E-state index is 0.259. The third kappa shape index (κ3) is 2.12. The van der Waals surface area contributed by atoms with Crippen LogP contribution in [0.1, 0.15) is 25.0 Å². The second-order valence-electron chi connectivity index (χ2n) is 3.79. The topological polar surface area (TPSA) is 64.5 Å². The number of nitrogens with one attached hydrogen (secondary N) is 2. The van der Waals surface area contributed by atoms with Crippen LogP contribution in [0.5, 0.6) is 0 Å². The second-order valence-corrected chi connectivity index (χ2v) is 3.79. The minimum atomic E-state index is 0.259. The maximum absolute atomic E-state index is 8.74. The summed E-state index contributed by atoms with van der Waals surface area (Å²) >= 11 is 0. The Morgan fingerprint density at radius 1 is 1.64 bits per heavy atom. The van der Waals surface area contributed by atoms with Crippen molar-refractivity contribution in [3.05, 3.63) is 18.2 Å². The molecule has 0 radical (unpaired) electrons. The standard InChI is InChI=1S/C10H14N4/c11-4-8-1-2-9(3-8)13-6-10-5-12-7-14-10/h5,7-9,13H,1-3,6H2,(H,12,14). The average Bonchev–Trinajstić information content (AvgIpc) is 2.86. The van der Waals surface area contributed by atoms with Crippen LogP contribution in [-0.2, 0) is 6.54 Å². The minimum Gasteiger partial charge on any atom is -0.347 e. The molecule has 4 heteroatoms. The molecule has 74 valence electrons. The fourth-order valence-electron chi connectivity index (χ4n) is 1.92. The number of hydrogen-bond donors (Lipinski definition) is 2. The molecule has 0 aliphatic heterocycles. The van der Waals surface area contributed by atoms with E-state index in [1.165, 1.54) is 0 Å². The van der Waals surface area contributed by atoms with Crippen LogP contribution in [0.15, 0.2) is 12.5 Å². The Bertz CT molecular complexity index is 311. The van der Waals surface area contributed by atoms with Gasteiger partial charge < -0.3 is 10.3 Å². The monoisotopic (exact) mass is 190 g/mol. The van der Waals surface area contributed by atoms with E-state index in [4.69, 9.17) is 5.26 Å². The molecule has 0 spiro atoms. The highest BCUT2D eigenvalue weighted by molar-refractivity contribution is 4.96. The maximum Gasteiger partial charge on any atom is 0.0922 e. The van der Waals surface area contributed by atoms with Gasteiger partial charge in [0.05, 0.1) is 12.4 Å². The molecule has 0 amide bonds. The number of aromatic amines is 1. The van der Waals surface area contributed by atoms with Crippen molar-refractivity contribution >= 4 is 0 Å². The van der Waals surface area contributed by atoms with Gasteiger partial charge >= 0.3 is 0 Å². The lowest BCUT2D eigenvalue weighted by atomic mass is 10.1. The molecule has 1 aromatic rings. The number of nitriles is 1. The lowest BCUT2D eigenvalue weighted by Gasteiger charge is -2.10. The largest absolute Gasteiger partial charge is 0.347 e. The molecule has 0 saturated heterocycles. The van der Waals surface area contributed by atoms with Gasteiger partial charge in [0, 0.05) is 30.4 Å². The molecular weight excluding hydrogens is 176 g/mol. The van der Waals surface area contributed by atoms with Gasteiger partial charge in [-0.25, -0.2) is 4.98 Å². The van der Waals surface area contributed by atoms with Gasteiger partial charge in [-0.15, -0.1) is 0 Å². The molecule has 2 rings (SSSR count). The lowest BCUT2D eigenvalue weighted by Crippen LogP contribution is -2.25. The SMILES string of the molecule is N#CC1CCC(NCc2cnc[nH]2)C1. The molecule has 4 nitrogen and oxygen atoms in total. The molecule has 1 aliphatic rings. The number of H-pyrrole nitrogens is 1. The predicted molar refractivity (Wildman–Crippen MR) is 52.2 cm³/mol. The fourth-order valence-corrected chi connectivity index (χ4v) is 1.92. The third-order valence-electron chi connectivity index (χ3n) is 2.75. The third-order valence-corrected chi connectivity index (χ3v) is 2.75. The Balaban J connectivity index is 1.75. The summed E-state index contributed by atoms with van der Waals surface area (Å²) in [7, 11) is 0. The Kier molecular flexibility index (Phi) is 2.80. The Morgan fingerprint density at radius 3 is 3.21 bits per heavy atom. The number of hydrogen-bond acceptors (Lipinski definition) is 3. The summed E-state index contributed by atoms with van der Waals surface area (Å²) in [5, 5.41) is 12.2. The highest BCUT2D eigenvalue weighted by Gasteiger charge is 2.23. The van der Waals surface area contributed by atoms with Crippen molar-refractivity contribution in [3.8, 4) is 6.07 Å². The zero-order valence-corrected chi connectivity index (χ0v) is 8.03. The summed E-state index contributed by atoms with van der Waals surface area (Å²) in [6, 6.07) is 2.83. The van der Waals surface area contributed by atoms with Crippen LogP contribution in [0, 0.1) is 17.2 Å². The Morgan fingerprint density at radius 2 is 2.57 bits per heavy atom. The van der Waals surface area contributed by atoms with Gasteiger partial charge in [-0.3, -0.25) is 0 Å². The van der Waals surface area contributed by atoms with Crippen molar-refractivity contribution in [3.63, 3.8) is 0 Å². The van der Waals surface area contributed by atoms with Crippen molar-refractivity contribution in [1.82, 2.24) is 15.3 Å². The summed E-state index contributed by atoms with van der Waals surface area (Å²) in [5.41, 5.74) is 1.10. The smallest absolute Gasteiger partial charge is 0.0922 e. The van der Waals surface area contributed by atoms with Crippen LogP contribution in [0.2, 0.25) is 0 Å². The molecule has 0 bridgehead atoms. The molecule has 14 heavy (non-hydrogen) atoms. The van der Waals surface area contributed by atoms with Gasteiger partial charge in [-0.1, -0.05) is 0 Å². The molecule has 2 atom stereocenters. The quantitative estimate of drug-likeness (QED) is 0.752. The van der Waals surface area contributed by atoms with Crippen molar-refractivity contribution in [2.75, 3.05) is 0 Å². The van der Waals surface area contributed by atoms with Crippen molar-refractivity contribution in [1.29, 1.82) is 5.26 Å². The summed E-state index contributed by atoms with van der Waals surface area (Å²) < 4.78 is 0. The maximum atomic E-state index is 8.74. The van der Waals surface area contributed by atoms with Crippen molar-refractivity contribution in [2.24, 2.45) is 5.92 Å². The van der Waals surface area contributed by atoms with Gasteiger partial charge in [-0.05, 0) is 19.3 Å². The van der Waals surface area contributed by atoms with Crippen LogP contribution in [0.25, 0.3) is 0 Å². The first-order chi connectivity index (χ1) is 6.88. The van der Waals surface area contributed by atoms with E-state index in [-0.39, 0.29) is 5.92 Å². The van der Waals surface area contributed by atoms with Crippen LogP contribution in [-0.4, -0.2) is 16.0 Å². The summed E-state index contributed by atoms with van der Waals surface area (Å²) in [4.78, 5) is 7.00. The normalized spacial score (nSPS) is 26.2. The van der Waals surface area contributed by atoms with E-state index in [9.17, 15) is 0 Å². The molecule has 2 unspecified atom stereocenters. The van der Waals surface area contributed by atoms with E-state index in [0.29, 0.717) is 6.04 Å². The summed E-state index contributed by atoms with van der Waals surface area (Å²) in [5.74, 6) is 0.259. The Labute approximate surface area is 83.4 Å².